The molecule has 1 aliphatic heterocycles. The van der Waals surface area contributed by atoms with E-state index in [0.29, 0.717) is 12.6 Å². The van der Waals surface area contributed by atoms with Crippen LogP contribution in [-0.4, -0.2) is 71.6 Å². The zero-order chi connectivity index (χ0) is 14.4. The second kappa shape index (κ2) is 7.40. The second-order valence-corrected chi connectivity index (χ2v) is 5.59. The maximum atomic E-state index is 11.7. The molecule has 0 aromatic carbocycles. The molecule has 0 spiro atoms. The number of likely N-dealkylation sites (tertiary alicyclic amines) is 1. The van der Waals surface area contributed by atoms with Gasteiger partial charge in [0.25, 0.3) is 0 Å². The molecule has 1 amide bonds. The van der Waals surface area contributed by atoms with Gasteiger partial charge in [-0.2, -0.15) is 0 Å². The van der Waals surface area contributed by atoms with Gasteiger partial charge in [-0.15, -0.1) is 0 Å². The number of hydrogen-bond donors (Lipinski definition) is 1. The van der Waals surface area contributed by atoms with Gasteiger partial charge in [-0.3, -0.25) is 9.69 Å². The standard InChI is InChI=1S/C14H25N5O/c1-17(2)14(20)11-18-7-3-13(4-8-18)16-6-10-19-9-5-15-12-19/h5,9,12-13,16H,3-4,6-8,10-11H2,1-2H3. The van der Waals surface area contributed by atoms with Crippen LogP contribution >= 0.6 is 0 Å². The number of rotatable bonds is 6. The van der Waals surface area contributed by atoms with E-state index in [9.17, 15) is 4.79 Å². The molecular formula is C14H25N5O. The van der Waals surface area contributed by atoms with Gasteiger partial charge in [0.15, 0.2) is 0 Å². The Balaban J connectivity index is 1.60. The van der Waals surface area contributed by atoms with Crippen molar-refractivity contribution in [2.45, 2.75) is 25.4 Å². The summed E-state index contributed by atoms with van der Waals surface area (Å²) in [6.45, 7) is 4.48. The van der Waals surface area contributed by atoms with Crippen molar-refractivity contribution in [1.29, 1.82) is 0 Å². The first-order chi connectivity index (χ1) is 9.65. The number of aromatic nitrogens is 2. The van der Waals surface area contributed by atoms with Crippen LogP contribution in [0, 0.1) is 0 Å². The van der Waals surface area contributed by atoms with E-state index in [0.717, 1.165) is 39.0 Å². The molecule has 1 fully saturated rings. The van der Waals surface area contributed by atoms with Crippen LogP contribution in [0.1, 0.15) is 12.8 Å². The van der Waals surface area contributed by atoms with E-state index in [1.165, 1.54) is 0 Å². The summed E-state index contributed by atoms with van der Waals surface area (Å²) in [5, 5.41) is 3.59. The number of nitrogens with zero attached hydrogens (tertiary/aromatic N) is 4. The molecular weight excluding hydrogens is 254 g/mol. The van der Waals surface area contributed by atoms with Crippen LogP contribution in [-0.2, 0) is 11.3 Å². The highest BCUT2D eigenvalue weighted by Crippen LogP contribution is 2.10. The van der Waals surface area contributed by atoms with Gasteiger partial charge in [-0.25, -0.2) is 4.98 Å². The Bertz CT molecular complexity index is 396. The molecule has 1 aliphatic rings. The molecule has 1 saturated heterocycles. The van der Waals surface area contributed by atoms with Crippen molar-refractivity contribution in [2.75, 3.05) is 40.3 Å². The lowest BCUT2D eigenvalue weighted by Crippen LogP contribution is -2.46. The Morgan fingerprint density at radius 2 is 2.15 bits per heavy atom. The molecule has 0 aliphatic carbocycles. The summed E-state index contributed by atoms with van der Waals surface area (Å²) < 4.78 is 2.08. The minimum Gasteiger partial charge on any atom is -0.348 e. The first-order valence-corrected chi connectivity index (χ1v) is 7.27. The van der Waals surface area contributed by atoms with Crippen molar-refractivity contribution < 1.29 is 4.79 Å². The Hall–Kier alpha value is -1.40. The number of hydrogen-bond acceptors (Lipinski definition) is 4. The van der Waals surface area contributed by atoms with Crippen molar-refractivity contribution in [3.63, 3.8) is 0 Å². The van der Waals surface area contributed by atoms with E-state index >= 15 is 0 Å². The number of nitrogens with one attached hydrogen (secondary N) is 1. The largest absolute Gasteiger partial charge is 0.348 e. The summed E-state index contributed by atoms with van der Waals surface area (Å²) >= 11 is 0. The molecule has 2 heterocycles. The van der Waals surface area contributed by atoms with E-state index in [2.05, 4.69) is 19.8 Å². The number of imidazole rings is 1. The first-order valence-electron chi connectivity index (χ1n) is 7.27. The molecule has 0 radical (unpaired) electrons. The normalized spacial score (nSPS) is 17.3. The Kier molecular flexibility index (Phi) is 5.55. The third kappa shape index (κ3) is 4.61. The zero-order valence-corrected chi connectivity index (χ0v) is 12.5. The van der Waals surface area contributed by atoms with Crippen molar-refractivity contribution in [3.05, 3.63) is 18.7 Å². The maximum absolute atomic E-state index is 11.7. The molecule has 1 aromatic rings. The smallest absolute Gasteiger partial charge is 0.236 e. The van der Waals surface area contributed by atoms with Crippen LogP contribution in [0.3, 0.4) is 0 Å². The van der Waals surface area contributed by atoms with E-state index in [4.69, 9.17) is 0 Å². The van der Waals surface area contributed by atoms with Crippen LogP contribution in [0.2, 0.25) is 0 Å². The molecule has 112 valence electrons. The van der Waals surface area contributed by atoms with E-state index in [1.54, 1.807) is 11.1 Å². The van der Waals surface area contributed by atoms with Crippen molar-refractivity contribution >= 4 is 5.91 Å². The highest BCUT2D eigenvalue weighted by atomic mass is 16.2. The third-order valence-corrected chi connectivity index (χ3v) is 3.81. The van der Waals surface area contributed by atoms with Crippen molar-refractivity contribution in [3.8, 4) is 0 Å². The van der Waals surface area contributed by atoms with Crippen LogP contribution in [0.4, 0.5) is 0 Å². The van der Waals surface area contributed by atoms with Gasteiger partial charge in [-0.05, 0) is 12.8 Å². The molecule has 0 atom stereocenters. The van der Waals surface area contributed by atoms with Crippen LogP contribution in [0.5, 0.6) is 0 Å². The minimum absolute atomic E-state index is 0.191. The van der Waals surface area contributed by atoms with Crippen LogP contribution in [0.15, 0.2) is 18.7 Å². The summed E-state index contributed by atoms with van der Waals surface area (Å²) in [5.41, 5.74) is 0. The number of amides is 1. The summed E-state index contributed by atoms with van der Waals surface area (Å²) in [6.07, 6.45) is 7.86. The molecule has 1 aromatic heterocycles. The Morgan fingerprint density at radius 1 is 1.40 bits per heavy atom. The molecule has 6 nitrogen and oxygen atoms in total. The summed E-state index contributed by atoms with van der Waals surface area (Å²) in [7, 11) is 3.62. The first kappa shape index (κ1) is 15.0. The van der Waals surface area contributed by atoms with Gasteiger partial charge in [0.2, 0.25) is 5.91 Å². The topological polar surface area (TPSA) is 53.4 Å². The van der Waals surface area contributed by atoms with Crippen molar-refractivity contribution in [2.24, 2.45) is 0 Å². The Morgan fingerprint density at radius 3 is 2.75 bits per heavy atom. The quantitative estimate of drug-likeness (QED) is 0.798. The van der Waals surface area contributed by atoms with E-state index in [-0.39, 0.29) is 5.91 Å². The average molecular weight is 279 g/mol. The second-order valence-electron chi connectivity index (χ2n) is 5.59. The number of carbonyl (C=O) groups excluding carboxylic acids is 1. The van der Waals surface area contributed by atoms with Gasteiger partial charge in [-0.1, -0.05) is 0 Å². The summed E-state index contributed by atoms with van der Waals surface area (Å²) in [5.74, 6) is 0.191. The fourth-order valence-corrected chi connectivity index (χ4v) is 2.44. The average Bonchev–Trinajstić information content (AvgIpc) is 2.94. The lowest BCUT2D eigenvalue weighted by Gasteiger charge is -2.32. The number of likely N-dealkylation sites (N-methyl/N-ethyl adjacent to an activating group) is 1. The monoisotopic (exact) mass is 279 g/mol. The number of carbonyl (C=O) groups is 1. The summed E-state index contributed by atoms with van der Waals surface area (Å²) in [6, 6.07) is 0.573. The Labute approximate surface area is 120 Å². The fraction of sp³-hybridized carbons (Fsp3) is 0.714. The van der Waals surface area contributed by atoms with E-state index in [1.807, 2.05) is 26.6 Å². The lowest BCUT2D eigenvalue weighted by molar-refractivity contribution is -0.130. The highest BCUT2D eigenvalue weighted by Gasteiger charge is 2.20. The molecule has 0 unspecified atom stereocenters. The van der Waals surface area contributed by atoms with E-state index < -0.39 is 0 Å². The van der Waals surface area contributed by atoms with Gasteiger partial charge in [0.1, 0.15) is 0 Å². The van der Waals surface area contributed by atoms with Gasteiger partial charge in [0, 0.05) is 58.7 Å². The minimum atomic E-state index is 0.191. The predicted molar refractivity (Wildman–Crippen MR) is 78.4 cm³/mol. The van der Waals surface area contributed by atoms with Gasteiger partial charge in [0.05, 0.1) is 12.9 Å². The van der Waals surface area contributed by atoms with Crippen molar-refractivity contribution in [1.82, 2.24) is 24.7 Å². The third-order valence-electron chi connectivity index (χ3n) is 3.81. The lowest BCUT2D eigenvalue weighted by atomic mass is 10.1. The molecule has 0 saturated carbocycles. The predicted octanol–water partition coefficient (Wildman–Crippen LogP) is 0.0253. The maximum Gasteiger partial charge on any atom is 0.236 e. The number of piperidine rings is 1. The van der Waals surface area contributed by atoms with Gasteiger partial charge >= 0.3 is 0 Å². The summed E-state index contributed by atoms with van der Waals surface area (Å²) in [4.78, 5) is 19.6. The molecule has 20 heavy (non-hydrogen) atoms. The highest BCUT2D eigenvalue weighted by molar-refractivity contribution is 5.77. The van der Waals surface area contributed by atoms with Crippen LogP contribution in [0.25, 0.3) is 0 Å². The van der Waals surface area contributed by atoms with Gasteiger partial charge < -0.3 is 14.8 Å². The molecule has 6 heteroatoms. The molecule has 1 N–H and O–H groups in total. The van der Waals surface area contributed by atoms with Crippen LogP contribution < -0.4 is 5.32 Å². The molecule has 0 bridgehead atoms. The zero-order valence-electron chi connectivity index (χ0n) is 12.5. The molecule has 2 rings (SSSR count). The fourth-order valence-electron chi connectivity index (χ4n) is 2.44. The SMILES string of the molecule is CN(C)C(=O)CN1CCC(NCCn2ccnc2)CC1.